The van der Waals surface area contributed by atoms with Gasteiger partial charge in [0.15, 0.2) is 0 Å². The van der Waals surface area contributed by atoms with Crippen LogP contribution in [0.5, 0.6) is 5.75 Å². The molecule has 1 aromatic rings. The Labute approximate surface area is 191 Å². The summed E-state index contributed by atoms with van der Waals surface area (Å²) < 4.78 is 5.34. The first-order chi connectivity index (χ1) is 14.7. The molecule has 0 saturated carbocycles. The van der Waals surface area contributed by atoms with Gasteiger partial charge in [-0.3, -0.25) is 9.59 Å². The lowest BCUT2D eigenvalue weighted by molar-refractivity contribution is -0.142. The van der Waals surface area contributed by atoms with Crippen molar-refractivity contribution >= 4 is 17.9 Å². The van der Waals surface area contributed by atoms with Crippen LogP contribution in [0.15, 0.2) is 24.3 Å². The molecule has 32 heavy (non-hydrogen) atoms. The maximum absolute atomic E-state index is 13.6. The lowest BCUT2D eigenvalue weighted by atomic mass is 9.99. The van der Waals surface area contributed by atoms with Crippen molar-refractivity contribution in [3.63, 3.8) is 0 Å². The van der Waals surface area contributed by atoms with E-state index in [1.807, 2.05) is 27.7 Å². The predicted octanol–water partition coefficient (Wildman–Crippen LogP) is 3.75. The number of ether oxygens (including phenoxy) is 1. The number of nitrogens with one attached hydrogen (secondary N) is 2. The molecule has 1 rings (SSSR count). The zero-order chi connectivity index (χ0) is 24.6. The van der Waals surface area contributed by atoms with Gasteiger partial charge in [0.05, 0.1) is 0 Å². The van der Waals surface area contributed by atoms with Crippen LogP contribution in [0, 0.1) is 5.92 Å². The first-order valence-corrected chi connectivity index (χ1v) is 11.1. The van der Waals surface area contributed by atoms with Gasteiger partial charge < -0.3 is 25.4 Å². The first kappa shape index (κ1) is 27.3. The minimum absolute atomic E-state index is 0.000964. The molecule has 0 bridgehead atoms. The topological polar surface area (TPSA) is 108 Å². The third kappa shape index (κ3) is 8.77. The van der Waals surface area contributed by atoms with Crippen LogP contribution < -0.4 is 10.6 Å². The standard InChI is InChI=1S/C24H39N3O5/c1-9-27(20(21(29)25-16(4)5)17-11-10-12-18(28)14-17)22(30)19(13-15(2)3)26-23(31)32-24(6,7)8/h10-12,14-16,19-20,28H,9,13H2,1-8H3,(H,25,29)(H,26,31). The third-order valence-electron chi connectivity index (χ3n) is 4.50. The molecular weight excluding hydrogens is 410 g/mol. The zero-order valence-electron chi connectivity index (χ0n) is 20.6. The van der Waals surface area contributed by atoms with Gasteiger partial charge in [0.2, 0.25) is 11.8 Å². The molecule has 0 aliphatic rings. The van der Waals surface area contributed by atoms with Crippen molar-refractivity contribution in [1.82, 2.24) is 15.5 Å². The summed E-state index contributed by atoms with van der Waals surface area (Å²) >= 11 is 0. The number of likely N-dealkylation sites (N-methyl/N-ethyl adjacent to an activating group) is 1. The third-order valence-corrected chi connectivity index (χ3v) is 4.50. The number of nitrogens with zero attached hydrogens (tertiary/aromatic N) is 1. The van der Waals surface area contributed by atoms with Gasteiger partial charge in [-0.15, -0.1) is 0 Å². The largest absolute Gasteiger partial charge is 0.508 e. The Morgan fingerprint density at radius 3 is 2.19 bits per heavy atom. The number of benzene rings is 1. The van der Waals surface area contributed by atoms with E-state index in [1.165, 1.54) is 17.0 Å². The molecule has 3 amide bonds. The minimum Gasteiger partial charge on any atom is -0.508 e. The second-order valence-corrected chi connectivity index (χ2v) is 9.61. The lowest BCUT2D eigenvalue weighted by Gasteiger charge is -2.34. The number of amides is 3. The summed E-state index contributed by atoms with van der Waals surface area (Å²) in [5, 5.41) is 15.5. The van der Waals surface area contributed by atoms with Crippen LogP contribution in [0.3, 0.4) is 0 Å². The maximum Gasteiger partial charge on any atom is 0.408 e. The smallest absolute Gasteiger partial charge is 0.408 e. The molecule has 0 spiro atoms. The van der Waals surface area contributed by atoms with Crippen molar-refractivity contribution < 1.29 is 24.2 Å². The van der Waals surface area contributed by atoms with Crippen molar-refractivity contribution in [2.75, 3.05) is 6.54 Å². The highest BCUT2D eigenvalue weighted by atomic mass is 16.6. The number of carbonyl (C=O) groups is 3. The Bertz CT molecular complexity index is 786. The van der Waals surface area contributed by atoms with Crippen LogP contribution in [0.1, 0.15) is 73.4 Å². The maximum atomic E-state index is 13.6. The molecule has 0 saturated heterocycles. The molecule has 8 nitrogen and oxygen atoms in total. The molecule has 180 valence electrons. The SMILES string of the molecule is CCN(C(=O)C(CC(C)C)NC(=O)OC(C)(C)C)C(C(=O)NC(C)C)c1cccc(O)c1. The van der Waals surface area contributed by atoms with Gasteiger partial charge in [-0.1, -0.05) is 26.0 Å². The van der Waals surface area contributed by atoms with Gasteiger partial charge in [-0.05, 0) is 71.6 Å². The van der Waals surface area contributed by atoms with E-state index in [4.69, 9.17) is 4.74 Å². The molecule has 0 aliphatic heterocycles. The van der Waals surface area contributed by atoms with Crippen LogP contribution in [0.4, 0.5) is 4.79 Å². The highest BCUT2D eigenvalue weighted by molar-refractivity contribution is 5.92. The average molecular weight is 450 g/mol. The number of phenolic OH excluding ortho intramolecular Hbond substituents is 1. The second-order valence-electron chi connectivity index (χ2n) is 9.61. The van der Waals surface area contributed by atoms with Gasteiger partial charge in [-0.25, -0.2) is 4.79 Å². The molecule has 0 heterocycles. The highest BCUT2D eigenvalue weighted by Gasteiger charge is 2.36. The number of rotatable bonds is 9. The Morgan fingerprint density at radius 2 is 1.72 bits per heavy atom. The summed E-state index contributed by atoms with van der Waals surface area (Å²) in [6.07, 6.45) is -0.305. The summed E-state index contributed by atoms with van der Waals surface area (Å²) in [6, 6.07) is 4.34. The number of carbonyl (C=O) groups excluding carboxylic acids is 3. The van der Waals surface area contributed by atoms with Gasteiger partial charge in [-0.2, -0.15) is 0 Å². The Morgan fingerprint density at radius 1 is 1.09 bits per heavy atom. The number of phenols is 1. The fourth-order valence-corrected chi connectivity index (χ4v) is 3.34. The molecule has 0 aromatic heterocycles. The predicted molar refractivity (Wildman–Crippen MR) is 124 cm³/mol. The number of hydrogen-bond acceptors (Lipinski definition) is 5. The molecule has 0 fully saturated rings. The number of aromatic hydroxyl groups is 1. The van der Waals surface area contributed by atoms with Crippen LogP contribution in [-0.2, 0) is 14.3 Å². The Hall–Kier alpha value is -2.77. The van der Waals surface area contributed by atoms with E-state index in [9.17, 15) is 19.5 Å². The molecule has 8 heteroatoms. The number of hydrogen-bond donors (Lipinski definition) is 3. The lowest BCUT2D eigenvalue weighted by Crippen LogP contribution is -2.53. The monoisotopic (exact) mass is 449 g/mol. The Kier molecular flexibility index (Phi) is 10.0. The fraction of sp³-hybridized carbons (Fsp3) is 0.625. The molecule has 0 aliphatic carbocycles. The average Bonchev–Trinajstić information content (AvgIpc) is 2.62. The van der Waals surface area contributed by atoms with Gasteiger partial charge in [0.25, 0.3) is 0 Å². The molecule has 2 unspecified atom stereocenters. The first-order valence-electron chi connectivity index (χ1n) is 11.1. The van der Waals surface area contributed by atoms with Crippen molar-refractivity contribution in [3.05, 3.63) is 29.8 Å². The van der Waals surface area contributed by atoms with Gasteiger partial charge in [0.1, 0.15) is 23.4 Å². The van der Waals surface area contributed by atoms with Crippen LogP contribution in [-0.4, -0.2) is 52.1 Å². The highest BCUT2D eigenvalue weighted by Crippen LogP contribution is 2.26. The fourth-order valence-electron chi connectivity index (χ4n) is 3.34. The van der Waals surface area contributed by atoms with E-state index >= 15 is 0 Å². The van der Waals surface area contributed by atoms with E-state index in [0.717, 1.165) is 0 Å². The van der Waals surface area contributed by atoms with Crippen molar-refractivity contribution in [2.24, 2.45) is 5.92 Å². The molecule has 0 radical (unpaired) electrons. The van der Waals surface area contributed by atoms with E-state index in [-0.39, 0.29) is 36.1 Å². The molecular formula is C24H39N3O5. The Balaban J connectivity index is 3.33. The van der Waals surface area contributed by atoms with E-state index in [0.29, 0.717) is 12.0 Å². The van der Waals surface area contributed by atoms with Crippen molar-refractivity contribution in [3.8, 4) is 5.75 Å². The molecule has 3 N–H and O–H groups in total. The second kappa shape index (κ2) is 11.7. The van der Waals surface area contributed by atoms with E-state index in [1.54, 1.807) is 39.8 Å². The zero-order valence-corrected chi connectivity index (χ0v) is 20.6. The van der Waals surface area contributed by atoms with Crippen LogP contribution in [0.25, 0.3) is 0 Å². The van der Waals surface area contributed by atoms with Crippen molar-refractivity contribution in [1.29, 1.82) is 0 Å². The van der Waals surface area contributed by atoms with Crippen LogP contribution >= 0.6 is 0 Å². The number of alkyl carbamates (subject to hydrolysis) is 1. The summed E-state index contributed by atoms with van der Waals surface area (Å²) in [4.78, 5) is 40.6. The summed E-state index contributed by atoms with van der Waals surface area (Å²) in [6.45, 7) is 14.8. The summed E-state index contributed by atoms with van der Waals surface area (Å²) in [5.74, 6) is -0.638. The minimum atomic E-state index is -0.961. The normalized spacial score (nSPS) is 13.4. The van der Waals surface area contributed by atoms with Gasteiger partial charge in [0, 0.05) is 12.6 Å². The van der Waals surface area contributed by atoms with Crippen LogP contribution in [0.2, 0.25) is 0 Å². The van der Waals surface area contributed by atoms with E-state index < -0.39 is 23.8 Å². The van der Waals surface area contributed by atoms with Crippen molar-refractivity contribution in [2.45, 2.75) is 85.5 Å². The molecule has 1 aromatic carbocycles. The molecule has 2 atom stereocenters. The van der Waals surface area contributed by atoms with Gasteiger partial charge >= 0.3 is 6.09 Å². The quantitative estimate of drug-likeness (QED) is 0.532. The van der Waals surface area contributed by atoms with E-state index in [2.05, 4.69) is 10.6 Å². The summed E-state index contributed by atoms with van der Waals surface area (Å²) in [5.41, 5.74) is -0.222. The summed E-state index contributed by atoms with van der Waals surface area (Å²) in [7, 11) is 0.